The van der Waals surface area contributed by atoms with Gasteiger partial charge < -0.3 is 4.90 Å². The number of nitrogens with zero attached hydrogens (tertiary/aromatic N) is 3. The zero-order valence-electron chi connectivity index (χ0n) is 10.6. The summed E-state index contributed by atoms with van der Waals surface area (Å²) in [5.74, 6) is 1.02. The lowest BCUT2D eigenvalue weighted by Crippen LogP contribution is -2.35. The van der Waals surface area contributed by atoms with Crippen LogP contribution in [-0.2, 0) is 0 Å². The third kappa shape index (κ3) is 1.88. The van der Waals surface area contributed by atoms with Gasteiger partial charge in [-0.2, -0.15) is 4.98 Å². The fourth-order valence-electron chi connectivity index (χ4n) is 2.87. The molecule has 3 nitrogen and oxygen atoms in total. The Morgan fingerprint density at radius 1 is 1.44 bits per heavy atom. The maximum Gasteiger partial charge on any atom is 0.225 e. The molecule has 0 aromatic carbocycles. The summed E-state index contributed by atoms with van der Waals surface area (Å²) in [5, 5.41) is 3.55. The SMILES string of the molecule is CCC1CCC(C)N1c1nc(Cl)nc2sccc12. The van der Waals surface area contributed by atoms with Crippen molar-refractivity contribution in [3.8, 4) is 0 Å². The van der Waals surface area contributed by atoms with Crippen molar-refractivity contribution in [3.05, 3.63) is 16.7 Å². The van der Waals surface area contributed by atoms with Crippen LogP contribution in [0.15, 0.2) is 11.4 Å². The molecule has 2 atom stereocenters. The summed E-state index contributed by atoms with van der Waals surface area (Å²) in [6.07, 6.45) is 3.62. The Kier molecular flexibility index (Phi) is 3.16. The summed E-state index contributed by atoms with van der Waals surface area (Å²) in [6.45, 7) is 4.51. The van der Waals surface area contributed by atoms with Gasteiger partial charge in [0.2, 0.25) is 5.28 Å². The Morgan fingerprint density at radius 3 is 3.06 bits per heavy atom. The first-order valence-electron chi connectivity index (χ1n) is 6.39. The molecule has 3 rings (SSSR count). The lowest BCUT2D eigenvalue weighted by molar-refractivity contribution is 0.623. The lowest BCUT2D eigenvalue weighted by atomic mass is 10.1. The number of rotatable bonds is 2. The van der Waals surface area contributed by atoms with Gasteiger partial charge in [0.15, 0.2) is 0 Å². The summed E-state index contributed by atoms with van der Waals surface area (Å²) >= 11 is 7.68. The van der Waals surface area contributed by atoms with Gasteiger partial charge >= 0.3 is 0 Å². The van der Waals surface area contributed by atoms with Crippen molar-refractivity contribution >= 4 is 39.0 Å². The standard InChI is InChI=1S/C13H16ClN3S/c1-3-9-5-4-8(2)17(9)11-10-6-7-18-12(10)16-13(14)15-11/h6-9H,3-5H2,1-2H3. The number of halogens is 1. The first-order chi connectivity index (χ1) is 8.70. The molecule has 96 valence electrons. The summed E-state index contributed by atoms with van der Waals surface area (Å²) in [6, 6.07) is 3.21. The Morgan fingerprint density at radius 2 is 2.28 bits per heavy atom. The number of fused-ring (bicyclic) bond motifs is 1. The smallest absolute Gasteiger partial charge is 0.225 e. The number of aromatic nitrogens is 2. The molecule has 5 heteroatoms. The molecule has 0 amide bonds. The number of thiophene rings is 1. The Hall–Kier alpha value is -0.870. The summed E-state index contributed by atoms with van der Waals surface area (Å²) in [7, 11) is 0. The van der Waals surface area contributed by atoms with Gasteiger partial charge in [0.25, 0.3) is 0 Å². The normalized spacial score (nSPS) is 24.1. The van der Waals surface area contributed by atoms with E-state index in [9.17, 15) is 0 Å². The van der Waals surface area contributed by atoms with Crippen molar-refractivity contribution in [2.24, 2.45) is 0 Å². The Balaban J connectivity index is 2.15. The number of hydrogen-bond acceptors (Lipinski definition) is 4. The average molecular weight is 282 g/mol. The third-order valence-electron chi connectivity index (χ3n) is 3.78. The zero-order chi connectivity index (χ0) is 12.7. The second-order valence-electron chi connectivity index (χ2n) is 4.85. The van der Waals surface area contributed by atoms with E-state index in [1.165, 1.54) is 12.8 Å². The minimum Gasteiger partial charge on any atom is -0.350 e. The van der Waals surface area contributed by atoms with Crippen molar-refractivity contribution in [1.29, 1.82) is 0 Å². The van der Waals surface area contributed by atoms with Crippen LogP contribution in [0.5, 0.6) is 0 Å². The van der Waals surface area contributed by atoms with Crippen LogP contribution in [-0.4, -0.2) is 22.1 Å². The largest absolute Gasteiger partial charge is 0.350 e. The third-order valence-corrected chi connectivity index (χ3v) is 4.76. The van der Waals surface area contributed by atoms with Crippen molar-refractivity contribution in [3.63, 3.8) is 0 Å². The monoisotopic (exact) mass is 281 g/mol. The topological polar surface area (TPSA) is 29.0 Å². The second-order valence-corrected chi connectivity index (χ2v) is 6.08. The van der Waals surface area contributed by atoms with E-state index >= 15 is 0 Å². The zero-order valence-corrected chi connectivity index (χ0v) is 12.1. The first kappa shape index (κ1) is 12.2. The summed E-state index contributed by atoms with van der Waals surface area (Å²) < 4.78 is 0. The molecule has 0 bridgehead atoms. The molecule has 2 unspecified atom stereocenters. The molecule has 0 radical (unpaired) electrons. The van der Waals surface area contributed by atoms with Gasteiger partial charge in [0, 0.05) is 12.1 Å². The highest BCUT2D eigenvalue weighted by Gasteiger charge is 2.31. The van der Waals surface area contributed by atoms with Crippen molar-refractivity contribution in [2.45, 2.75) is 45.2 Å². The molecular formula is C13H16ClN3S. The first-order valence-corrected chi connectivity index (χ1v) is 7.65. The highest BCUT2D eigenvalue weighted by Crippen LogP contribution is 2.36. The predicted octanol–water partition coefficient (Wildman–Crippen LogP) is 4.11. The number of hydrogen-bond donors (Lipinski definition) is 0. The van der Waals surface area contributed by atoms with Crippen LogP contribution in [0.4, 0.5) is 5.82 Å². The minimum absolute atomic E-state index is 0.355. The predicted molar refractivity (Wildman–Crippen MR) is 77.7 cm³/mol. The van der Waals surface area contributed by atoms with Crippen LogP contribution in [0.25, 0.3) is 10.2 Å². The molecular weight excluding hydrogens is 266 g/mol. The maximum atomic E-state index is 6.06. The van der Waals surface area contributed by atoms with E-state index in [2.05, 4.69) is 40.2 Å². The van der Waals surface area contributed by atoms with Gasteiger partial charge in [-0.3, -0.25) is 0 Å². The van der Waals surface area contributed by atoms with Crippen LogP contribution in [0.1, 0.15) is 33.1 Å². The second kappa shape index (κ2) is 4.67. The van der Waals surface area contributed by atoms with E-state index in [0.717, 1.165) is 22.5 Å². The van der Waals surface area contributed by atoms with Gasteiger partial charge in [-0.15, -0.1) is 11.3 Å². The molecule has 1 aliphatic rings. The van der Waals surface area contributed by atoms with Gasteiger partial charge in [-0.1, -0.05) is 6.92 Å². The summed E-state index contributed by atoms with van der Waals surface area (Å²) in [5.41, 5.74) is 0. The van der Waals surface area contributed by atoms with Crippen LogP contribution >= 0.6 is 22.9 Å². The molecule has 3 heterocycles. The molecule has 0 spiro atoms. The molecule has 0 saturated carbocycles. The van der Waals surface area contributed by atoms with Gasteiger partial charge in [-0.05, 0) is 49.2 Å². The van der Waals surface area contributed by atoms with E-state index in [-0.39, 0.29) is 0 Å². The van der Waals surface area contributed by atoms with Crippen molar-refractivity contribution in [1.82, 2.24) is 9.97 Å². The molecule has 1 aliphatic heterocycles. The van der Waals surface area contributed by atoms with Crippen molar-refractivity contribution in [2.75, 3.05) is 4.90 Å². The van der Waals surface area contributed by atoms with Crippen LogP contribution in [0.2, 0.25) is 5.28 Å². The molecule has 0 N–H and O–H groups in total. The van der Waals surface area contributed by atoms with E-state index in [1.807, 2.05) is 0 Å². The summed E-state index contributed by atoms with van der Waals surface area (Å²) in [4.78, 5) is 12.2. The average Bonchev–Trinajstić information content (AvgIpc) is 2.94. The fraction of sp³-hybridized carbons (Fsp3) is 0.538. The minimum atomic E-state index is 0.355. The van der Waals surface area contributed by atoms with E-state index in [0.29, 0.717) is 17.4 Å². The number of anilines is 1. The highest BCUT2D eigenvalue weighted by atomic mass is 35.5. The van der Waals surface area contributed by atoms with Crippen LogP contribution in [0, 0.1) is 0 Å². The molecule has 2 aromatic rings. The van der Waals surface area contributed by atoms with Gasteiger partial charge in [0.05, 0.1) is 5.39 Å². The van der Waals surface area contributed by atoms with E-state index < -0.39 is 0 Å². The molecule has 2 aromatic heterocycles. The lowest BCUT2D eigenvalue weighted by Gasteiger charge is -2.29. The quantitative estimate of drug-likeness (QED) is 0.776. The van der Waals surface area contributed by atoms with Crippen LogP contribution in [0.3, 0.4) is 0 Å². The molecule has 1 fully saturated rings. The van der Waals surface area contributed by atoms with Crippen molar-refractivity contribution < 1.29 is 0 Å². The fourth-order valence-corrected chi connectivity index (χ4v) is 3.84. The van der Waals surface area contributed by atoms with Gasteiger partial charge in [0.1, 0.15) is 10.6 Å². The van der Waals surface area contributed by atoms with E-state index in [4.69, 9.17) is 11.6 Å². The Bertz CT molecular complexity index is 568. The molecule has 1 saturated heterocycles. The van der Waals surface area contributed by atoms with Crippen LogP contribution < -0.4 is 4.90 Å². The van der Waals surface area contributed by atoms with E-state index in [1.54, 1.807) is 11.3 Å². The Labute approximate surface area is 116 Å². The van der Waals surface area contributed by atoms with Gasteiger partial charge in [-0.25, -0.2) is 4.98 Å². The maximum absolute atomic E-state index is 6.06. The highest BCUT2D eigenvalue weighted by molar-refractivity contribution is 7.16. The molecule has 0 aliphatic carbocycles. The molecule has 18 heavy (non-hydrogen) atoms.